The number of carbonyl (C=O) groups is 1. The molecule has 0 N–H and O–H groups in total. The Morgan fingerprint density at radius 3 is 2.59 bits per heavy atom. The Bertz CT molecular complexity index is 510. The molecule has 0 heterocycles. The summed E-state index contributed by atoms with van der Waals surface area (Å²) >= 11 is 0. The summed E-state index contributed by atoms with van der Waals surface area (Å²) in [6.45, 7) is -3.26. The Balaban J connectivity index is 3.49. The molecule has 6 nitrogen and oxygen atoms in total. The van der Waals surface area contributed by atoms with Crippen LogP contribution in [-0.2, 0) is 0 Å². The molecule has 0 aliphatic rings. The minimum Gasteiger partial charge on any atom is -0.427 e. The Labute approximate surface area is 93.2 Å². The van der Waals surface area contributed by atoms with E-state index >= 15 is 0 Å². The maximum absolute atomic E-state index is 12.0. The Morgan fingerprint density at radius 2 is 2.18 bits per heavy atom. The van der Waals surface area contributed by atoms with E-state index in [-0.39, 0.29) is 11.8 Å². The van der Waals surface area contributed by atoms with Crippen LogP contribution in [0.1, 0.15) is 15.9 Å². The first-order chi connectivity index (χ1) is 8.01. The number of aldehydes is 1. The highest BCUT2D eigenvalue weighted by Gasteiger charge is 2.26. The molecule has 0 atom stereocenters. The van der Waals surface area contributed by atoms with Crippen LogP contribution < -0.4 is 4.74 Å². The van der Waals surface area contributed by atoms with Gasteiger partial charge in [-0.3, -0.25) is 14.9 Å². The normalized spacial score (nSPS) is 9.76. The van der Waals surface area contributed by atoms with Gasteiger partial charge >= 0.3 is 12.3 Å². The standard InChI is InChI=1S/C9H4F2N2O4/c10-9(11)17-7-2-1-5(4-14)6(3-12)8(7)13(15)16/h1-2,4,9H. The van der Waals surface area contributed by atoms with Gasteiger partial charge < -0.3 is 4.74 Å². The summed E-state index contributed by atoms with van der Waals surface area (Å²) in [7, 11) is 0. The van der Waals surface area contributed by atoms with Gasteiger partial charge in [-0.15, -0.1) is 0 Å². The van der Waals surface area contributed by atoms with Crippen LogP contribution in [0, 0.1) is 21.4 Å². The van der Waals surface area contributed by atoms with Crippen molar-refractivity contribution in [1.82, 2.24) is 0 Å². The fourth-order valence-electron chi connectivity index (χ4n) is 1.18. The van der Waals surface area contributed by atoms with E-state index in [0.29, 0.717) is 0 Å². The van der Waals surface area contributed by atoms with Gasteiger partial charge in [0, 0.05) is 5.56 Å². The van der Waals surface area contributed by atoms with E-state index in [1.54, 1.807) is 0 Å². The maximum Gasteiger partial charge on any atom is 0.387 e. The first-order valence-corrected chi connectivity index (χ1v) is 4.12. The Hall–Kier alpha value is -2.56. The van der Waals surface area contributed by atoms with Crippen molar-refractivity contribution in [2.45, 2.75) is 6.61 Å². The van der Waals surface area contributed by atoms with Gasteiger partial charge in [0.1, 0.15) is 11.6 Å². The summed E-state index contributed by atoms with van der Waals surface area (Å²) in [5, 5.41) is 19.3. The lowest BCUT2D eigenvalue weighted by Gasteiger charge is -2.06. The molecule has 1 rings (SSSR count). The molecule has 0 fully saturated rings. The number of carbonyl (C=O) groups excluding carboxylic acids is 1. The van der Waals surface area contributed by atoms with Crippen LogP contribution in [0.25, 0.3) is 0 Å². The number of benzene rings is 1. The van der Waals surface area contributed by atoms with Crippen molar-refractivity contribution in [3.63, 3.8) is 0 Å². The number of hydrogen-bond acceptors (Lipinski definition) is 5. The van der Waals surface area contributed by atoms with E-state index in [2.05, 4.69) is 4.74 Å². The number of alkyl halides is 2. The van der Waals surface area contributed by atoms with Crippen LogP contribution in [0.4, 0.5) is 14.5 Å². The average molecular weight is 242 g/mol. The van der Waals surface area contributed by atoms with Crippen LogP contribution in [0.2, 0.25) is 0 Å². The minimum atomic E-state index is -3.26. The Morgan fingerprint density at radius 1 is 1.53 bits per heavy atom. The van der Waals surface area contributed by atoms with Gasteiger partial charge in [0.25, 0.3) is 0 Å². The molecule has 0 amide bonds. The molecule has 0 unspecified atom stereocenters. The maximum atomic E-state index is 12.0. The fourth-order valence-corrected chi connectivity index (χ4v) is 1.18. The van der Waals surface area contributed by atoms with Crippen molar-refractivity contribution in [3.05, 3.63) is 33.4 Å². The molecule has 8 heteroatoms. The van der Waals surface area contributed by atoms with E-state index in [4.69, 9.17) is 5.26 Å². The first-order valence-electron chi connectivity index (χ1n) is 4.12. The van der Waals surface area contributed by atoms with Crippen molar-refractivity contribution < 1.29 is 23.2 Å². The van der Waals surface area contributed by atoms with Crippen LogP contribution in [0.5, 0.6) is 5.75 Å². The molecule has 0 aromatic heterocycles. The highest BCUT2D eigenvalue weighted by Crippen LogP contribution is 2.33. The molecule has 0 saturated carbocycles. The van der Waals surface area contributed by atoms with Gasteiger partial charge in [0.15, 0.2) is 6.29 Å². The molecule has 0 radical (unpaired) electrons. The van der Waals surface area contributed by atoms with Crippen LogP contribution in [-0.4, -0.2) is 17.8 Å². The van der Waals surface area contributed by atoms with E-state index in [1.807, 2.05) is 0 Å². The summed E-state index contributed by atoms with van der Waals surface area (Å²) in [5.74, 6) is -0.757. The number of nitriles is 1. The smallest absolute Gasteiger partial charge is 0.387 e. The number of nitro benzene ring substituents is 1. The predicted molar refractivity (Wildman–Crippen MR) is 49.8 cm³/mol. The lowest BCUT2D eigenvalue weighted by atomic mass is 10.1. The van der Waals surface area contributed by atoms with Crippen molar-refractivity contribution >= 4 is 12.0 Å². The summed E-state index contributed by atoms with van der Waals surface area (Å²) in [6, 6.07) is 3.25. The summed E-state index contributed by atoms with van der Waals surface area (Å²) in [5.41, 5.74) is -1.82. The van der Waals surface area contributed by atoms with E-state index in [9.17, 15) is 23.7 Å². The van der Waals surface area contributed by atoms with Crippen LogP contribution >= 0.6 is 0 Å². The molecule has 0 saturated heterocycles. The van der Waals surface area contributed by atoms with Gasteiger partial charge in [-0.05, 0) is 12.1 Å². The molecular formula is C9H4F2N2O4. The lowest BCUT2D eigenvalue weighted by molar-refractivity contribution is -0.386. The van der Waals surface area contributed by atoms with E-state index in [1.165, 1.54) is 6.07 Å². The second kappa shape index (κ2) is 4.98. The van der Waals surface area contributed by atoms with Crippen LogP contribution in [0.3, 0.4) is 0 Å². The van der Waals surface area contributed by atoms with Gasteiger partial charge in [-0.1, -0.05) is 0 Å². The molecule has 1 aromatic carbocycles. The van der Waals surface area contributed by atoms with Crippen LogP contribution in [0.15, 0.2) is 12.1 Å². The minimum absolute atomic E-state index is 0.220. The number of hydrogen-bond donors (Lipinski definition) is 0. The molecule has 0 bridgehead atoms. The molecule has 0 spiro atoms. The highest BCUT2D eigenvalue weighted by molar-refractivity contribution is 5.83. The van der Waals surface area contributed by atoms with Crippen molar-refractivity contribution in [2.75, 3.05) is 0 Å². The van der Waals surface area contributed by atoms with E-state index < -0.39 is 28.5 Å². The second-order valence-corrected chi connectivity index (χ2v) is 2.74. The molecule has 0 aliphatic carbocycles. The zero-order valence-electron chi connectivity index (χ0n) is 8.09. The Kier molecular flexibility index (Phi) is 3.66. The number of nitrogens with zero attached hydrogens (tertiary/aromatic N) is 2. The number of rotatable bonds is 4. The first kappa shape index (κ1) is 12.5. The van der Waals surface area contributed by atoms with Crippen molar-refractivity contribution in [2.24, 2.45) is 0 Å². The topological polar surface area (TPSA) is 93.2 Å². The summed E-state index contributed by atoms with van der Waals surface area (Å²) in [4.78, 5) is 20.1. The third-order valence-electron chi connectivity index (χ3n) is 1.81. The van der Waals surface area contributed by atoms with Gasteiger partial charge in [-0.25, -0.2) is 0 Å². The number of ether oxygens (including phenoxy) is 1. The quantitative estimate of drug-likeness (QED) is 0.456. The third-order valence-corrected chi connectivity index (χ3v) is 1.81. The highest BCUT2D eigenvalue weighted by atomic mass is 19.3. The lowest BCUT2D eigenvalue weighted by Crippen LogP contribution is -2.06. The van der Waals surface area contributed by atoms with Gasteiger partial charge in [-0.2, -0.15) is 14.0 Å². The summed E-state index contributed by atoms with van der Waals surface area (Å²) < 4.78 is 27.9. The van der Waals surface area contributed by atoms with Gasteiger partial charge in [0.05, 0.1) is 4.92 Å². The van der Waals surface area contributed by atoms with Crippen molar-refractivity contribution in [1.29, 1.82) is 5.26 Å². The molecule has 1 aromatic rings. The number of nitro groups is 1. The predicted octanol–water partition coefficient (Wildman–Crippen LogP) is 1.88. The molecular weight excluding hydrogens is 238 g/mol. The average Bonchev–Trinajstić information content (AvgIpc) is 2.26. The number of halogens is 2. The third kappa shape index (κ3) is 2.52. The SMILES string of the molecule is N#Cc1c(C=O)ccc(OC(F)F)c1[N+](=O)[O-]. The largest absolute Gasteiger partial charge is 0.427 e. The zero-order valence-corrected chi connectivity index (χ0v) is 8.09. The monoisotopic (exact) mass is 242 g/mol. The fraction of sp³-hybridized carbons (Fsp3) is 0.111. The second-order valence-electron chi connectivity index (χ2n) is 2.74. The van der Waals surface area contributed by atoms with E-state index in [0.717, 1.165) is 12.1 Å². The summed E-state index contributed by atoms with van der Waals surface area (Å²) in [6.07, 6.45) is 0.220. The molecule has 17 heavy (non-hydrogen) atoms. The van der Waals surface area contributed by atoms with Crippen molar-refractivity contribution in [3.8, 4) is 11.8 Å². The molecule has 0 aliphatic heterocycles. The zero-order chi connectivity index (χ0) is 13.0. The molecule has 88 valence electrons. The van der Waals surface area contributed by atoms with Gasteiger partial charge in [0.2, 0.25) is 5.75 Å².